The number of amides is 1. The van der Waals surface area contributed by atoms with Crippen LogP contribution in [-0.2, 0) is 13.0 Å². The molecule has 0 unspecified atom stereocenters. The molecule has 0 fully saturated rings. The average molecular weight is 504 g/mol. The van der Waals surface area contributed by atoms with E-state index in [2.05, 4.69) is 20.4 Å². The molecule has 0 saturated carbocycles. The van der Waals surface area contributed by atoms with Crippen molar-refractivity contribution in [1.82, 2.24) is 24.1 Å². The molecule has 5 aromatic rings. The topological polar surface area (TPSA) is 77.1 Å². The van der Waals surface area contributed by atoms with E-state index in [1.54, 1.807) is 35.9 Å². The van der Waals surface area contributed by atoms with Gasteiger partial charge in [0.1, 0.15) is 11.5 Å². The molecule has 1 amide bonds. The van der Waals surface area contributed by atoms with Crippen LogP contribution in [0, 0.1) is 5.82 Å². The number of fused-ring (bicyclic) bond motifs is 2. The van der Waals surface area contributed by atoms with Gasteiger partial charge >= 0.3 is 12.1 Å². The summed E-state index contributed by atoms with van der Waals surface area (Å²) in [6, 6.07) is 12.8. The number of halogens is 6. The minimum Gasteiger partial charge on any atom is -0.313 e. The largest absolute Gasteiger partial charge is 0.459 e. The number of alkyl halides is 5. The third-order valence-corrected chi connectivity index (χ3v) is 5.49. The van der Waals surface area contributed by atoms with Crippen molar-refractivity contribution in [3.05, 3.63) is 77.9 Å². The predicted molar refractivity (Wildman–Crippen MR) is 117 cm³/mol. The molecule has 3 aromatic heterocycles. The number of benzene rings is 2. The fourth-order valence-corrected chi connectivity index (χ4v) is 3.65. The first-order chi connectivity index (χ1) is 17.0. The minimum absolute atomic E-state index is 0.0880. The molecule has 0 bridgehead atoms. The molecule has 0 saturated heterocycles. The van der Waals surface area contributed by atoms with Gasteiger partial charge < -0.3 is 4.57 Å². The van der Waals surface area contributed by atoms with Gasteiger partial charge in [0.2, 0.25) is 5.95 Å². The second-order valence-corrected chi connectivity index (χ2v) is 7.84. The Morgan fingerprint density at radius 3 is 2.31 bits per heavy atom. The fraction of sp³-hybridized carbons (Fsp3) is 0.130. The Morgan fingerprint density at radius 1 is 0.944 bits per heavy atom. The molecule has 184 valence electrons. The van der Waals surface area contributed by atoms with E-state index in [-0.39, 0.29) is 21.7 Å². The highest BCUT2D eigenvalue weighted by Gasteiger charge is 2.60. The van der Waals surface area contributed by atoms with Crippen molar-refractivity contribution in [3.63, 3.8) is 0 Å². The Kier molecular flexibility index (Phi) is 5.23. The summed E-state index contributed by atoms with van der Waals surface area (Å²) in [5.74, 6) is -6.76. The molecule has 0 aliphatic carbocycles. The molecular formula is C23H14F6N6O. The van der Waals surface area contributed by atoms with Crippen molar-refractivity contribution in [2.24, 2.45) is 7.05 Å². The Morgan fingerprint density at radius 2 is 1.64 bits per heavy atom. The molecule has 1 N–H and O–H groups in total. The lowest BCUT2D eigenvalue weighted by atomic mass is 10.1. The molecule has 0 aliphatic rings. The van der Waals surface area contributed by atoms with Gasteiger partial charge in [0.25, 0.3) is 5.91 Å². The second kappa shape index (κ2) is 8.07. The number of nitrogens with one attached hydrogen (secondary N) is 1. The first kappa shape index (κ1) is 23.3. The highest BCUT2D eigenvalue weighted by atomic mass is 19.4. The van der Waals surface area contributed by atoms with Crippen LogP contribution < -0.4 is 5.32 Å². The molecule has 5 rings (SSSR count). The third-order valence-electron chi connectivity index (χ3n) is 5.49. The lowest BCUT2D eigenvalue weighted by molar-refractivity contribution is -0.291. The number of nitrogens with zero attached hydrogens (tertiary/aromatic N) is 5. The van der Waals surface area contributed by atoms with Crippen molar-refractivity contribution in [2.75, 3.05) is 5.32 Å². The van der Waals surface area contributed by atoms with Gasteiger partial charge in [-0.05, 0) is 42.5 Å². The van der Waals surface area contributed by atoms with Crippen LogP contribution in [-0.4, -0.2) is 36.2 Å². The summed E-state index contributed by atoms with van der Waals surface area (Å²) in [4.78, 5) is 21.2. The van der Waals surface area contributed by atoms with E-state index in [9.17, 15) is 31.1 Å². The zero-order valence-electron chi connectivity index (χ0n) is 18.2. The van der Waals surface area contributed by atoms with E-state index in [0.717, 1.165) is 18.2 Å². The van der Waals surface area contributed by atoms with Crippen LogP contribution in [0.4, 0.5) is 32.3 Å². The van der Waals surface area contributed by atoms with Crippen LogP contribution in [0.2, 0.25) is 0 Å². The van der Waals surface area contributed by atoms with Crippen LogP contribution in [0.15, 0.2) is 60.7 Å². The van der Waals surface area contributed by atoms with Crippen LogP contribution in [0.1, 0.15) is 16.2 Å². The van der Waals surface area contributed by atoms with Gasteiger partial charge in [0.15, 0.2) is 11.3 Å². The molecule has 36 heavy (non-hydrogen) atoms. The summed E-state index contributed by atoms with van der Waals surface area (Å²) in [5, 5.41) is 6.16. The van der Waals surface area contributed by atoms with Crippen molar-refractivity contribution >= 4 is 28.5 Å². The number of carbonyl (C=O) groups is 1. The molecule has 7 nitrogen and oxygen atoms in total. The van der Waals surface area contributed by atoms with E-state index in [1.807, 2.05) is 0 Å². The normalized spacial score (nSPS) is 12.4. The Bertz CT molecular complexity index is 1620. The molecular weight excluding hydrogens is 490 g/mol. The summed E-state index contributed by atoms with van der Waals surface area (Å²) >= 11 is 0. The van der Waals surface area contributed by atoms with Gasteiger partial charge in [0, 0.05) is 18.7 Å². The number of rotatable bonds is 4. The van der Waals surface area contributed by atoms with E-state index in [0.29, 0.717) is 17.1 Å². The zero-order chi connectivity index (χ0) is 25.8. The van der Waals surface area contributed by atoms with Crippen molar-refractivity contribution in [3.8, 4) is 11.3 Å². The Labute approximate surface area is 198 Å². The first-order valence-corrected chi connectivity index (χ1v) is 10.3. The monoisotopic (exact) mass is 504 g/mol. The van der Waals surface area contributed by atoms with Gasteiger partial charge in [-0.15, -0.1) is 0 Å². The fourth-order valence-electron chi connectivity index (χ4n) is 3.65. The smallest absolute Gasteiger partial charge is 0.313 e. The standard InChI is InChI=1S/C23H14F6N6O/c1-34-17-5-3-2-4-14(17)31-21(34)32-20(36)16-11-19-30-15(12-6-8-13(24)9-7-12)10-18(35(19)33-16)22(25,26)23(27,28)29/h2-11H,1H3,(H,31,32,36). The second-order valence-electron chi connectivity index (χ2n) is 7.84. The lowest BCUT2D eigenvalue weighted by Crippen LogP contribution is -2.36. The number of aromatic nitrogens is 5. The van der Waals surface area contributed by atoms with Gasteiger partial charge in [-0.25, -0.2) is 18.9 Å². The number of carbonyl (C=O) groups excluding carboxylic acids is 1. The average Bonchev–Trinajstić information content (AvgIpc) is 3.39. The lowest BCUT2D eigenvalue weighted by Gasteiger charge is -2.21. The quantitative estimate of drug-likeness (QED) is 0.336. The summed E-state index contributed by atoms with van der Waals surface area (Å²) in [6.45, 7) is 0. The van der Waals surface area contributed by atoms with Gasteiger partial charge in [-0.1, -0.05) is 12.1 Å². The molecule has 0 aliphatic heterocycles. The highest BCUT2D eigenvalue weighted by molar-refractivity contribution is 6.03. The molecule has 0 spiro atoms. The predicted octanol–water partition coefficient (Wildman–Crippen LogP) is 5.33. The van der Waals surface area contributed by atoms with Gasteiger partial charge in [0.05, 0.1) is 16.7 Å². The Hall–Kier alpha value is -4.42. The number of imidazole rings is 1. The van der Waals surface area contributed by atoms with E-state index >= 15 is 0 Å². The summed E-state index contributed by atoms with van der Waals surface area (Å²) in [5.41, 5.74) is -1.39. The van der Waals surface area contributed by atoms with Crippen molar-refractivity contribution in [2.45, 2.75) is 12.1 Å². The number of aryl methyl sites for hydroxylation is 1. The summed E-state index contributed by atoms with van der Waals surface area (Å²) in [6.07, 6.45) is -5.96. The van der Waals surface area contributed by atoms with Crippen molar-refractivity contribution in [1.29, 1.82) is 0 Å². The first-order valence-electron chi connectivity index (χ1n) is 10.3. The summed E-state index contributed by atoms with van der Waals surface area (Å²) < 4.78 is 84.0. The van der Waals surface area contributed by atoms with Crippen LogP contribution >= 0.6 is 0 Å². The van der Waals surface area contributed by atoms with Gasteiger partial charge in [-0.2, -0.15) is 27.1 Å². The van der Waals surface area contributed by atoms with Crippen LogP contribution in [0.5, 0.6) is 0 Å². The molecule has 13 heteroatoms. The van der Waals surface area contributed by atoms with E-state index in [4.69, 9.17) is 0 Å². The Balaban J connectivity index is 1.61. The summed E-state index contributed by atoms with van der Waals surface area (Å²) in [7, 11) is 1.63. The number of para-hydroxylation sites is 2. The number of anilines is 1. The maximum absolute atomic E-state index is 14.5. The third kappa shape index (κ3) is 3.82. The van der Waals surface area contributed by atoms with E-state index < -0.39 is 40.9 Å². The molecule has 3 heterocycles. The number of hydrogen-bond acceptors (Lipinski definition) is 4. The maximum Gasteiger partial charge on any atom is 0.459 e. The van der Waals surface area contributed by atoms with Gasteiger partial charge in [-0.3, -0.25) is 10.1 Å². The molecule has 0 atom stereocenters. The van der Waals surface area contributed by atoms with Crippen LogP contribution in [0.3, 0.4) is 0 Å². The van der Waals surface area contributed by atoms with E-state index in [1.165, 1.54) is 12.1 Å². The maximum atomic E-state index is 14.5. The number of hydrogen-bond donors (Lipinski definition) is 1. The molecule has 0 radical (unpaired) electrons. The SMILES string of the molecule is Cn1c(NC(=O)c2cc3nc(-c4ccc(F)cc4)cc(C(F)(F)C(F)(F)F)n3n2)nc2ccccc21. The van der Waals surface area contributed by atoms with Crippen LogP contribution in [0.25, 0.3) is 27.9 Å². The molecule has 2 aromatic carbocycles. The highest BCUT2D eigenvalue weighted by Crippen LogP contribution is 2.44. The zero-order valence-corrected chi connectivity index (χ0v) is 18.2. The minimum atomic E-state index is -5.96. The van der Waals surface area contributed by atoms with Crippen molar-refractivity contribution < 1.29 is 31.1 Å².